The van der Waals surface area contributed by atoms with Crippen molar-refractivity contribution in [1.82, 2.24) is 15.3 Å². The Balaban J connectivity index is 1.59. The lowest BCUT2D eigenvalue weighted by atomic mass is 9.81. The summed E-state index contributed by atoms with van der Waals surface area (Å²) in [6.07, 6.45) is 4.54. The van der Waals surface area contributed by atoms with Crippen molar-refractivity contribution in [3.05, 3.63) is 54.0 Å². The quantitative estimate of drug-likeness (QED) is 0.911. The van der Waals surface area contributed by atoms with Gasteiger partial charge in [0.1, 0.15) is 11.6 Å². The van der Waals surface area contributed by atoms with Gasteiger partial charge in [0.15, 0.2) is 0 Å². The van der Waals surface area contributed by atoms with Crippen LogP contribution in [0.2, 0.25) is 0 Å². The van der Waals surface area contributed by atoms with Crippen LogP contribution in [0.15, 0.2) is 42.6 Å². The maximum Gasteiger partial charge on any atom is 0.227 e. The van der Waals surface area contributed by atoms with Gasteiger partial charge in [-0.1, -0.05) is 30.3 Å². The first-order valence-electron chi connectivity index (χ1n) is 8.94. The van der Waals surface area contributed by atoms with Gasteiger partial charge in [0.05, 0.1) is 5.41 Å². The SMILES string of the molecule is Cc1nccc(N2CCC[C@@](C)(C(=O)NCCc3ccccc3)C2)n1. The number of carbonyl (C=O) groups is 1. The highest BCUT2D eigenvalue weighted by atomic mass is 16.2. The van der Waals surface area contributed by atoms with Gasteiger partial charge in [-0.15, -0.1) is 0 Å². The lowest BCUT2D eigenvalue weighted by molar-refractivity contribution is -0.130. The molecule has 1 N–H and O–H groups in total. The molecule has 2 heterocycles. The van der Waals surface area contributed by atoms with Gasteiger partial charge in [-0.25, -0.2) is 9.97 Å². The summed E-state index contributed by atoms with van der Waals surface area (Å²) < 4.78 is 0. The standard InChI is InChI=1S/C20H26N4O/c1-16-21-13-10-18(23-16)24-14-6-11-20(2,15-24)19(25)22-12-9-17-7-4-3-5-8-17/h3-5,7-8,10,13H,6,9,11-12,14-15H2,1-2H3,(H,22,25)/t20-/m1/s1. The molecule has 1 atom stereocenters. The number of amides is 1. The smallest absolute Gasteiger partial charge is 0.227 e. The molecule has 0 saturated carbocycles. The third-order valence-corrected chi connectivity index (χ3v) is 4.87. The van der Waals surface area contributed by atoms with Gasteiger partial charge in [0.2, 0.25) is 5.91 Å². The summed E-state index contributed by atoms with van der Waals surface area (Å²) in [7, 11) is 0. The number of carbonyl (C=O) groups excluding carboxylic acids is 1. The highest BCUT2D eigenvalue weighted by Gasteiger charge is 2.38. The first kappa shape index (κ1) is 17.4. The number of hydrogen-bond acceptors (Lipinski definition) is 4. The molecule has 0 bridgehead atoms. The van der Waals surface area contributed by atoms with Crippen LogP contribution in [0.25, 0.3) is 0 Å². The Morgan fingerprint density at radius 2 is 2.08 bits per heavy atom. The molecule has 0 spiro atoms. The molecule has 1 saturated heterocycles. The molecule has 0 radical (unpaired) electrons. The first-order valence-corrected chi connectivity index (χ1v) is 8.94. The maximum atomic E-state index is 12.8. The van der Waals surface area contributed by atoms with E-state index in [1.807, 2.05) is 31.2 Å². The van der Waals surface area contributed by atoms with Gasteiger partial charge in [0, 0.05) is 25.8 Å². The van der Waals surface area contributed by atoms with Crippen molar-refractivity contribution in [2.45, 2.75) is 33.1 Å². The van der Waals surface area contributed by atoms with E-state index in [1.54, 1.807) is 6.20 Å². The van der Waals surface area contributed by atoms with Gasteiger partial charge in [-0.3, -0.25) is 4.79 Å². The fraction of sp³-hybridized carbons (Fsp3) is 0.450. The largest absolute Gasteiger partial charge is 0.355 e. The number of aromatic nitrogens is 2. The van der Waals surface area contributed by atoms with E-state index >= 15 is 0 Å². The summed E-state index contributed by atoms with van der Waals surface area (Å²) in [5, 5.41) is 3.13. The molecule has 2 aromatic rings. The van der Waals surface area contributed by atoms with Crippen LogP contribution >= 0.6 is 0 Å². The average Bonchev–Trinajstić information content (AvgIpc) is 2.62. The van der Waals surface area contributed by atoms with E-state index in [4.69, 9.17) is 0 Å². The number of anilines is 1. The third-order valence-electron chi connectivity index (χ3n) is 4.87. The summed E-state index contributed by atoms with van der Waals surface area (Å²) in [5.74, 6) is 1.81. The van der Waals surface area contributed by atoms with Crippen LogP contribution in [0.1, 0.15) is 31.2 Å². The lowest BCUT2D eigenvalue weighted by Gasteiger charge is -2.40. The number of nitrogens with one attached hydrogen (secondary N) is 1. The van der Waals surface area contributed by atoms with Crippen LogP contribution < -0.4 is 10.2 Å². The summed E-state index contributed by atoms with van der Waals surface area (Å²) in [6.45, 7) is 6.25. The Bertz CT molecular complexity index is 719. The van der Waals surface area contributed by atoms with E-state index in [2.05, 4.69) is 39.2 Å². The molecule has 1 amide bonds. The van der Waals surface area contributed by atoms with E-state index in [9.17, 15) is 4.79 Å². The Morgan fingerprint density at radius 3 is 2.84 bits per heavy atom. The number of benzene rings is 1. The number of aryl methyl sites for hydroxylation is 1. The Hall–Kier alpha value is -2.43. The summed E-state index contributed by atoms with van der Waals surface area (Å²) in [6, 6.07) is 12.2. The molecule has 25 heavy (non-hydrogen) atoms. The molecule has 1 aliphatic heterocycles. The second-order valence-electron chi connectivity index (χ2n) is 7.04. The Labute approximate surface area is 149 Å². The summed E-state index contributed by atoms with van der Waals surface area (Å²) in [4.78, 5) is 23.7. The minimum absolute atomic E-state index is 0.138. The van der Waals surface area contributed by atoms with E-state index in [1.165, 1.54) is 5.56 Å². The maximum absolute atomic E-state index is 12.8. The molecule has 132 valence electrons. The highest BCUT2D eigenvalue weighted by molar-refractivity contribution is 5.83. The molecule has 1 aromatic heterocycles. The molecular weight excluding hydrogens is 312 g/mol. The molecule has 0 unspecified atom stereocenters. The summed E-state index contributed by atoms with van der Waals surface area (Å²) >= 11 is 0. The number of nitrogens with zero attached hydrogens (tertiary/aromatic N) is 3. The van der Waals surface area contributed by atoms with Crippen LogP contribution in [0, 0.1) is 12.3 Å². The average molecular weight is 338 g/mol. The van der Waals surface area contributed by atoms with Crippen molar-refractivity contribution in [2.24, 2.45) is 5.41 Å². The topological polar surface area (TPSA) is 58.1 Å². The molecular formula is C20H26N4O. The van der Waals surface area contributed by atoms with Crippen molar-refractivity contribution in [2.75, 3.05) is 24.5 Å². The second-order valence-corrected chi connectivity index (χ2v) is 7.04. The van der Waals surface area contributed by atoms with Crippen molar-refractivity contribution >= 4 is 11.7 Å². The first-order chi connectivity index (χ1) is 12.1. The van der Waals surface area contributed by atoms with Crippen LogP contribution in [0.4, 0.5) is 5.82 Å². The number of hydrogen-bond donors (Lipinski definition) is 1. The van der Waals surface area contributed by atoms with Crippen LogP contribution in [-0.4, -0.2) is 35.5 Å². The molecule has 1 fully saturated rings. The van der Waals surface area contributed by atoms with Crippen LogP contribution in [-0.2, 0) is 11.2 Å². The Morgan fingerprint density at radius 1 is 1.28 bits per heavy atom. The predicted molar refractivity (Wildman–Crippen MR) is 99.5 cm³/mol. The predicted octanol–water partition coefficient (Wildman–Crippen LogP) is 2.75. The van der Waals surface area contributed by atoms with Crippen molar-refractivity contribution < 1.29 is 4.79 Å². The highest BCUT2D eigenvalue weighted by Crippen LogP contribution is 2.31. The molecule has 0 aliphatic carbocycles. The molecule has 5 heteroatoms. The van der Waals surface area contributed by atoms with Gasteiger partial charge in [-0.05, 0) is 44.7 Å². The fourth-order valence-electron chi connectivity index (χ4n) is 3.42. The fourth-order valence-corrected chi connectivity index (χ4v) is 3.42. The third kappa shape index (κ3) is 4.35. The molecule has 5 nitrogen and oxygen atoms in total. The van der Waals surface area contributed by atoms with E-state index < -0.39 is 0 Å². The normalized spacial score (nSPS) is 20.3. The zero-order valence-electron chi connectivity index (χ0n) is 15.0. The van der Waals surface area contributed by atoms with Gasteiger partial charge in [-0.2, -0.15) is 0 Å². The van der Waals surface area contributed by atoms with E-state index in [0.717, 1.165) is 37.4 Å². The molecule has 1 aromatic carbocycles. The second kappa shape index (κ2) is 7.64. The number of piperidine rings is 1. The van der Waals surface area contributed by atoms with Gasteiger partial charge < -0.3 is 10.2 Å². The van der Waals surface area contributed by atoms with E-state index in [0.29, 0.717) is 13.1 Å². The monoisotopic (exact) mass is 338 g/mol. The minimum Gasteiger partial charge on any atom is -0.355 e. The zero-order valence-corrected chi connectivity index (χ0v) is 15.0. The number of rotatable bonds is 5. The van der Waals surface area contributed by atoms with Gasteiger partial charge >= 0.3 is 0 Å². The minimum atomic E-state index is -0.381. The Kier molecular flexibility index (Phi) is 5.31. The van der Waals surface area contributed by atoms with Crippen molar-refractivity contribution in [3.63, 3.8) is 0 Å². The molecule has 3 rings (SSSR count). The summed E-state index contributed by atoms with van der Waals surface area (Å²) in [5.41, 5.74) is 0.864. The van der Waals surface area contributed by atoms with Crippen molar-refractivity contribution in [1.29, 1.82) is 0 Å². The van der Waals surface area contributed by atoms with E-state index in [-0.39, 0.29) is 11.3 Å². The van der Waals surface area contributed by atoms with Crippen molar-refractivity contribution in [3.8, 4) is 0 Å². The van der Waals surface area contributed by atoms with Gasteiger partial charge in [0.25, 0.3) is 0 Å². The zero-order chi connectivity index (χ0) is 17.7. The molecule has 1 aliphatic rings. The van der Waals surface area contributed by atoms with Crippen LogP contribution in [0.5, 0.6) is 0 Å². The van der Waals surface area contributed by atoms with Crippen LogP contribution in [0.3, 0.4) is 0 Å². The lowest BCUT2D eigenvalue weighted by Crippen LogP contribution is -2.51.